The molecule has 0 atom stereocenters. The van der Waals surface area contributed by atoms with Crippen LogP contribution in [0.2, 0.25) is 0 Å². The monoisotopic (exact) mass is 810 g/mol. The van der Waals surface area contributed by atoms with Gasteiger partial charge in [0.2, 0.25) is 0 Å². The van der Waals surface area contributed by atoms with Crippen molar-refractivity contribution < 1.29 is 0 Å². The van der Waals surface area contributed by atoms with E-state index in [0.29, 0.717) is 0 Å². The van der Waals surface area contributed by atoms with Gasteiger partial charge in [0.15, 0.2) is 0 Å². The zero-order valence-corrected chi connectivity index (χ0v) is 36.5. The summed E-state index contributed by atoms with van der Waals surface area (Å²) in [5.74, 6) is 0. The lowest BCUT2D eigenvalue weighted by Crippen LogP contribution is -1.82. The fourth-order valence-corrected chi connectivity index (χ4v) is 7.11. The number of hydrogen-bond acceptors (Lipinski definition) is 0. The topological polar surface area (TPSA) is 0 Å². The van der Waals surface area contributed by atoms with Gasteiger partial charge in [0.25, 0.3) is 0 Å². The third kappa shape index (κ3) is 13.1. The van der Waals surface area contributed by atoms with Crippen LogP contribution in [0, 0.1) is 20.8 Å². The minimum absolute atomic E-state index is 1.25. The van der Waals surface area contributed by atoms with E-state index in [1.54, 1.807) is 0 Å². The van der Waals surface area contributed by atoms with E-state index in [1.807, 2.05) is 42.5 Å². The zero-order valence-electron chi connectivity index (χ0n) is 36.5. The molecule has 0 aromatic heterocycles. The molecule has 0 saturated heterocycles. The van der Waals surface area contributed by atoms with E-state index >= 15 is 0 Å². The number of aryl methyl sites for hydroxylation is 3. The van der Waals surface area contributed by atoms with Crippen LogP contribution < -0.4 is 0 Å². The molecule has 0 aliphatic heterocycles. The maximum Gasteiger partial charge on any atom is -0.0184 e. The molecule has 10 aromatic carbocycles. The summed E-state index contributed by atoms with van der Waals surface area (Å²) in [5.41, 5.74) is 19.0. The smallest absolute Gasteiger partial charge is 0.0184 e. The normalized spacial score (nSPS) is 10.1. The first-order valence-electron chi connectivity index (χ1n) is 21.7. The van der Waals surface area contributed by atoms with Crippen LogP contribution in [-0.2, 0) is 0 Å². The highest BCUT2D eigenvalue weighted by Gasteiger charge is 2.03. The second kappa shape index (κ2) is 22.7. The van der Waals surface area contributed by atoms with Gasteiger partial charge in [-0.25, -0.2) is 0 Å². The van der Waals surface area contributed by atoms with Gasteiger partial charge in [0.05, 0.1) is 0 Å². The van der Waals surface area contributed by atoms with Gasteiger partial charge in [0, 0.05) is 0 Å². The first-order valence-corrected chi connectivity index (χ1v) is 21.7. The van der Waals surface area contributed by atoms with Crippen LogP contribution in [0.5, 0.6) is 0 Å². The highest BCUT2D eigenvalue weighted by molar-refractivity contribution is 5.74. The molecule has 10 rings (SSSR count). The Kier molecular flexibility index (Phi) is 15.6. The van der Waals surface area contributed by atoms with Gasteiger partial charge >= 0.3 is 0 Å². The number of rotatable bonds is 6. The van der Waals surface area contributed by atoms with Crippen LogP contribution >= 0.6 is 0 Å². The van der Waals surface area contributed by atoms with E-state index in [9.17, 15) is 0 Å². The molecular weight excluding hydrogens is 757 g/mol. The lowest BCUT2D eigenvalue weighted by atomic mass is 9.98. The molecule has 0 nitrogen and oxygen atoms in total. The molecule has 0 aliphatic rings. The van der Waals surface area contributed by atoms with Gasteiger partial charge < -0.3 is 0 Å². The Hall–Kier alpha value is -7.80. The second-order valence-electron chi connectivity index (χ2n) is 15.6. The molecule has 0 amide bonds. The first kappa shape index (κ1) is 43.3. The Labute approximate surface area is 375 Å². The maximum absolute atomic E-state index is 2.20. The van der Waals surface area contributed by atoms with Gasteiger partial charge in [-0.1, -0.05) is 290 Å². The molecule has 0 spiro atoms. The minimum Gasteiger partial charge on any atom is -0.0622 e. The summed E-state index contributed by atoms with van der Waals surface area (Å²) in [6, 6.07) is 95.7. The molecule has 0 bridgehead atoms. The number of hydrogen-bond donors (Lipinski definition) is 0. The van der Waals surface area contributed by atoms with E-state index in [4.69, 9.17) is 0 Å². The summed E-state index contributed by atoms with van der Waals surface area (Å²) in [6.45, 7) is 6.31. The Bertz CT molecular complexity index is 2760. The molecule has 0 unspecified atom stereocenters. The lowest BCUT2D eigenvalue weighted by Gasteiger charge is -2.07. The Morgan fingerprint density at radius 2 is 0.254 bits per heavy atom. The van der Waals surface area contributed by atoms with E-state index in [-0.39, 0.29) is 0 Å². The van der Waals surface area contributed by atoms with Crippen molar-refractivity contribution in [3.05, 3.63) is 290 Å². The fourth-order valence-electron chi connectivity index (χ4n) is 7.11. The van der Waals surface area contributed by atoms with Crippen molar-refractivity contribution in [2.24, 2.45) is 0 Å². The minimum atomic E-state index is 1.25. The highest BCUT2D eigenvalue weighted by atomic mass is 14.1. The van der Waals surface area contributed by atoms with Crippen molar-refractivity contribution in [3.63, 3.8) is 0 Å². The quantitative estimate of drug-likeness (QED) is 0.157. The molecule has 0 heteroatoms. The van der Waals surface area contributed by atoms with Crippen molar-refractivity contribution in [1.29, 1.82) is 0 Å². The van der Waals surface area contributed by atoms with Crippen molar-refractivity contribution in [1.82, 2.24) is 0 Å². The largest absolute Gasteiger partial charge is 0.0622 e. The average molecular weight is 811 g/mol. The van der Waals surface area contributed by atoms with Gasteiger partial charge in [-0.3, -0.25) is 0 Å². The Balaban J connectivity index is 0.000000137. The highest BCUT2D eigenvalue weighted by Crippen LogP contribution is 2.28. The van der Waals surface area contributed by atoms with Crippen LogP contribution in [-0.4, -0.2) is 0 Å². The van der Waals surface area contributed by atoms with Crippen LogP contribution in [0.4, 0.5) is 0 Å². The van der Waals surface area contributed by atoms with E-state index in [0.717, 1.165) is 0 Å². The summed E-state index contributed by atoms with van der Waals surface area (Å²) in [4.78, 5) is 0. The molecule has 0 N–H and O–H groups in total. The molecule has 0 aliphatic carbocycles. The van der Waals surface area contributed by atoms with E-state index in [1.165, 1.54) is 83.5 Å². The zero-order chi connectivity index (χ0) is 43.5. The second-order valence-corrected chi connectivity index (χ2v) is 15.6. The third-order valence-electron chi connectivity index (χ3n) is 10.8. The molecule has 10 aromatic rings. The van der Waals surface area contributed by atoms with Gasteiger partial charge in [0.1, 0.15) is 0 Å². The van der Waals surface area contributed by atoms with Crippen LogP contribution in [0.1, 0.15) is 16.7 Å². The Morgan fingerprint density at radius 1 is 0.127 bits per heavy atom. The maximum atomic E-state index is 2.20. The average Bonchev–Trinajstić information content (AvgIpc) is 3.37. The summed E-state index contributed by atoms with van der Waals surface area (Å²) in [6.07, 6.45) is 0. The van der Waals surface area contributed by atoms with E-state index in [2.05, 4.69) is 251 Å². The van der Waals surface area contributed by atoms with E-state index < -0.39 is 0 Å². The van der Waals surface area contributed by atoms with Gasteiger partial charge in [-0.2, -0.15) is 0 Å². The Morgan fingerprint density at radius 3 is 0.413 bits per heavy atom. The van der Waals surface area contributed by atoms with Crippen molar-refractivity contribution in [3.8, 4) is 66.8 Å². The molecule has 63 heavy (non-hydrogen) atoms. The molecule has 306 valence electrons. The van der Waals surface area contributed by atoms with Gasteiger partial charge in [-0.15, -0.1) is 0 Å². The fraction of sp³-hybridized carbons (Fsp3) is 0.0476. The summed E-state index contributed by atoms with van der Waals surface area (Å²) in [5, 5.41) is 0. The molecule has 0 radical (unpaired) electrons. The SMILES string of the molecule is Cc1ccc(-c2ccc(-c3ccc(-c4ccccc4)cc3)cc2)cc1.Cc1ccc(-c2ccc(-c3ccccc3)cc2)cc1.Cc1ccccc1.c1ccc(-c2ccccc2)cc1. The van der Waals surface area contributed by atoms with Gasteiger partial charge in [-0.05, 0) is 87.5 Å². The predicted octanol–water partition coefficient (Wildman–Crippen LogP) is 17.7. The molecule has 0 heterocycles. The van der Waals surface area contributed by atoms with Crippen molar-refractivity contribution in [2.75, 3.05) is 0 Å². The van der Waals surface area contributed by atoms with Crippen LogP contribution in [0.3, 0.4) is 0 Å². The third-order valence-corrected chi connectivity index (χ3v) is 10.8. The van der Waals surface area contributed by atoms with Crippen molar-refractivity contribution >= 4 is 0 Å². The molecule has 0 fully saturated rings. The van der Waals surface area contributed by atoms with Crippen LogP contribution in [0.25, 0.3) is 66.8 Å². The standard InChI is InChI=1S/C25H20.C19H16.C12H10.C7H8/c1-19-7-9-21(10-8-19)23-15-17-25(18-16-23)24-13-11-22(12-14-24)20-5-3-2-4-6-20;1-15-7-9-17(10-8-15)19-13-11-18(12-14-19)16-5-3-2-4-6-16;1-3-7-11(8-4-1)12-9-5-2-6-10-12;1-7-5-3-2-4-6-7/h2-18H,1H3;2-14H,1H3;1-10H;2-6H,1H3. The summed E-state index contributed by atoms with van der Waals surface area (Å²) >= 11 is 0. The van der Waals surface area contributed by atoms with Crippen LogP contribution in [0.15, 0.2) is 273 Å². The first-order chi connectivity index (χ1) is 31.0. The lowest BCUT2D eigenvalue weighted by molar-refractivity contribution is 1.47. The predicted molar refractivity (Wildman–Crippen MR) is 273 cm³/mol. The summed E-state index contributed by atoms with van der Waals surface area (Å²) < 4.78 is 0. The molecular formula is C63H54. The van der Waals surface area contributed by atoms with Crippen molar-refractivity contribution in [2.45, 2.75) is 20.8 Å². The summed E-state index contributed by atoms with van der Waals surface area (Å²) in [7, 11) is 0. The number of benzene rings is 10. The molecule has 0 saturated carbocycles.